The van der Waals surface area contributed by atoms with E-state index in [0.29, 0.717) is 24.3 Å². The van der Waals surface area contributed by atoms with Crippen LogP contribution in [-0.2, 0) is 17.8 Å². The molecule has 1 amide bonds. The second-order valence-corrected chi connectivity index (χ2v) is 8.12. The van der Waals surface area contributed by atoms with Gasteiger partial charge in [0.25, 0.3) is 5.91 Å². The Labute approximate surface area is 173 Å². The van der Waals surface area contributed by atoms with E-state index in [-0.39, 0.29) is 23.8 Å². The third kappa shape index (κ3) is 5.45. The molecule has 0 aromatic heterocycles. The van der Waals surface area contributed by atoms with Crippen molar-refractivity contribution in [1.82, 2.24) is 10.2 Å². The Morgan fingerprint density at radius 1 is 1.07 bits per heavy atom. The lowest BCUT2D eigenvalue weighted by molar-refractivity contribution is -0.123. The van der Waals surface area contributed by atoms with Crippen molar-refractivity contribution in [3.8, 4) is 5.75 Å². The van der Waals surface area contributed by atoms with Crippen LogP contribution in [0.5, 0.6) is 5.75 Å². The molecule has 1 aliphatic heterocycles. The molecule has 2 aromatic carbocycles. The maximum Gasteiger partial charge on any atom is 0.258 e. The molecule has 1 N–H and O–H groups in total. The average Bonchev–Trinajstić information content (AvgIpc) is 2.75. The highest BCUT2D eigenvalue weighted by atomic mass is 16.5. The lowest BCUT2D eigenvalue weighted by Crippen LogP contribution is -2.53. The lowest BCUT2D eigenvalue weighted by Gasteiger charge is -2.41. The first-order valence-corrected chi connectivity index (χ1v) is 10.2. The number of amides is 1. The summed E-state index contributed by atoms with van der Waals surface area (Å²) in [5, 5.41) is 2.99. The lowest BCUT2D eigenvalue weighted by atomic mass is 9.94. The molecule has 0 atom stereocenters. The molecule has 3 rings (SSSR count). The monoisotopic (exact) mass is 394 g/mol. The van der Waals surface area contributed by atoms with Gasteiger partial charge in [0.05, 0.1) is 0 Å². The standard InChI is InChI=1S/C24H30N2O3/c1-4-22(27)19-9-11-21(12-10-19)29-16-23(28)25-17-24(2,3)26-14-13-18-7-5-6-8-20(18)15-26/h5-12H,4,13-17H2,1-3H3,(H,25,28). The molecule has 154 valence electrons. The zero-order valence-electron chi connectivity index (χ0n) is 17.5. The van der Waals surface area contributed by atoms with Crippen molar-refractivity contribution < 1.29 is 14.3 Å². The highest BCUT2D eigenvalue weighted by molar-refractivity contribution is 5.95. The van der Waals surface area contributed by atoms with Crippen LogP contribution in [0, 0.1) is 0 Å². The summed E-state index contributed by atoms with van der Waals surface area (Å²) in [7, 11) is 0. The highest BCUT2D eigenvalue weighted by Gasteiger charge is 2.30. The topological polar surface area (TPSA) is 58.6 Å². The third-order valence-corrected chi connectivity index (χ3v) is 5.57. The van der Waals surface area contributed by atoms with E-state index in [1.165, 1.54) is 11.1 Å². The molecule has 0 aliphatic carbocycles. The van der Waals surface area contributed by atoms with Crippen molar-refractivity contribution in [2.45, 2.75) is 45.7 Å². The predicted molar refractivity (Wildman–Crippen MR) is 114 cm³/mol. The number of ether oxygens (including phenoxy) is 1. The van der Waals surface area contributed by atoms with Gasteiger partial charge in [0.15, 0.2) is 12.4 Å². The maximum absolute atomic E-state index is 12.3. The molecule has 0 saturated carbocycles. The number of benzene rings is 2. The molecule has 0 radical (unpaired) electrons. The minimum absolute atomic E-state index is 0.0417. The summed E-state index contributed by atoms with van der Waals surface area (Å²) >= 11 is 0. The molecule has 29 heavy (non-hydrogen) atoms. The maximum atomic E-state index is 12.3. The van der Waals surface area contributed by atoms with E-state index < -0.39 is 0 Å². The van der Waals surface area contributed by atoms with Gasteiger partial charge in [-0.3, -0.25) is 14.5 Å². The summed E-state index contributed by atoms with van der Waals surface area (Å²) < 4.78 is 5.56. The zero-order chi connectivity index (χ0) is 20.9. The Balaban J connectivity index is 1.47. The van der Waals surface area contributed by atoms with Gasteiger partial charge in [0.2, 0.25) is 0 Å². The number of rotatable bonds is 8. The molecular weight excluding hydrogens is 364 g/mol. The minimum atomic E-state index is -0.149. The zero-order valence-corrected chi connectivity index (χ0v) is 17.5. The molecule has 0 fully saturated rings. The predicted octanol–water partition coefficient (Wildman–Crippen LogP) is 3.61. The van der Waals surface area contributed by atoms with Gasteiger partial charge in [-0.1, -0.05) is 31.2 Å². The molecule has 2 aromatic rings. The van der Waals surface area contributed by atoms with Crippen LogP contribution in [0.15, 0.2) is 48.5 Å². The fourth-order valence-corrected chi connectivity index (χ4v) is 3.58. The molecular formula is C24H30N2O3. The number of carbonyl (C=O) groups is 2. The van der Waals surface area contributed by atoms with Gasteiger partial charge < -0.3 is 10.1 Å². The van der Waals surface area contributed by atoms with Crippen molar-refractivity contribution in [2.24, 2.45) is 0 Å². The Kier molecular flexibility index (Phi) is 6.70. The van der Waals surface area contributed by atoms with Crippen LogP contribution in [0.3, 0.4) is 0 Å². The van der Waals surface area contributed by atoms with Gasteiger partial charge in [-0.05, 0) is 55.7 Å². The number of hydrogen-bond acceptors (Lipinski definition) is 4. The Morgan fingerprint density at radius 2 is 1.76 bits per heavy atom. The summed E-state index contributed by atoms with van der Waals surface area (Å²) in [6.07, 6.45) is 1.51. The highest BCUT2D eigenvalue weighted by Crippen LogP contribution is 2.25. The van der Waals surface area contributed by atoms with Crippen molar-refractivity contribution in [3.05, 3.63) is 65.2 Å². The summed E-state index contributed by atoms with van der Waals surface area (Å²) in [6.45, 7) is 8.55. The van der Waals surface area contributed by atoms with Crippen LogP contribution < -0.4 is 10.1 Å². The fraction of sp³-hybridized carbons (Fsp3) is 0.417. The minimum Gasteiger partial charge on any atom is -0.484 e. The van der Waals surface area contributed by atoms with E-state index in [4.69, 9.17) is 4.74 Å². The Morgan fingerprint density at radius 3 is 2.45 bits per heavy atom. The first-order valence-electron chi connectivity index (χ1n) is 10.2. The largest absolute Gasteiger partial charge is 0.484 e. The number of hydrogen-bond donors (Lipinski definition) is 1. The summed E-state index contributed by atoms with van der Waals surface area (Å²) in [4.78, 5) is 26.3. The molecule has 0 unspecified atom stereocenters. The molecule has 5 heteroatoms. The van der Waals surface area contributed by atoms with Crippen LogP contribution in [0.4, 0.5) is 0 Å². The van der Waals surface area contributed by atoms with Crippen molar-refractivity contribution in [2.75, 3.05) is 19.7 Å². The second kappa shape index (κ2) is 9.23. The van der Waals surface area contributed by atoms with E-state index in [1.807, 2.05) is 6.92 Å². The van der Waals surface area contributed by atoms with Crippen molar-refractivity contribution >= 4 is 11.7 Å². The normalized spacial score (nSPS) is 14.2. The second-order valence-electron chi connectivity index (χ2n) is 8.12. The Hall–Kier alpha value is -2.66. The molecule has 1 aliphatic rings. The van der Waals surface area contributed by atoms with Crippen LogP contribution >= 0.6 is 0 Å². The SMILES string of the molecule is CCC(=O)c1ccc(OCC(=O)NCC(C)(C)N2CCc3ccccc3C2)cc1. The van der Waals surface area contributed by atoms with E-state index in [1.54, 1.807) is 24.3 Å². The molecule has 5 nitrogen and oxygen atoms in total. The van der Waals surface area contributed by atoms with Crippen LogP contribution in [0.25, 0.3) is 0 Å². The summed E-state index contributed by atoms with van der Waals surface area (Å²) in [5.74, 6) is 0.528. The van der Waals surface area contributed by atoms with Gasteiger partial charge >= 0.3 is 0 Å². The van der Waals surface area contributed by atoms with E-state index in [2.05, 4.69) is 48.3 Å². The quantitative estimate of drug-likeness (QED) is 0.695. The molecule has 1 heterocycles. The third-order valence-electron chi connectivity index (χ3n) is 5.57. The van der Waals surface area contributed by atoms with Gasteiger partial charge in [-0.25, -0.2) is 0 Å². The Bertz CT molecular complexity index is 859. The molecule has 0 saturated heterocycles. The van der Waals surface area contributed by atoms with E-state index in [9.17, 15) is 9.59 Å². The summed E-state index contributed by atoms with van der Waals surface area (Å²) in [5.41, 5.74) is 3.30. The fourth-order valence-electron chi connectivity index (χ4n) is 3.58. The van der Waals surface area contributed by atoms with Crippen molar-refractivity contribution in [1.29, 1.82) is 0 Å². The summed E-state index contributed by atoms with van der Waals surface area (Å²) in [6, 6.07) is 15.5. The van der Waals surface area contributed by atoms with Crippen LogP contribution in [0.2, 0.25) is 0 Å². The van der Waals surface area contributed by atoms with Gasteiger partial charge in [0.1, 0.15) is 5.75 Å². The molecule has 0 spiro atoms. The van der Waals surface area contributed by atoms with Gasteiger partial charge in [-0.2, -0.15) is 0 Å². The first kappa shape index (κ1) is 21.1. The molecule has 0 bridgehead atoms. The van der Waals surface area contributed by atoms with Crippen LogP contribution in [0.1, 0.15) is 48.7 Å². The first-order chi connectivity index (χ1) is 13.9. The number of nitrogens with one attached hydrogen (secondary N) is 1. The van der Waals surface area contributed by atoms with Gasteiger partial charge in [0, 0.05) is 37.2 Å². The van der Waals surface area contributed by atoms with E-state index in [0.717, 1.165) is 19.5 Å². The number of fused-ring (bicyclic) bond motifs is 1. The van der Waals surface area contributed by atoms with Gasteiger partial charge in [-0.15, -0.1) is 0 Å². The van der Waals surface area contributed by atoms with E-state index >= 15 is 0 Å². The average molecular weight is 395 g/mol. The number of nitrogens with zero attached hydrogens (tertiary/aromatic N) is 1. The van der Waals surface area contributed by atoms with Crippen molar-refractivity contribution in [3.63, 3.8) is 0 Å². The number of carbonyl (C=O) groups excluding carboxylic acids is 2. The van der Waals surface area contributed by atoms with Crippen LogP contribution in [-0.4, -0.2) is 41.8 Å². The number of ketones is 1. The number of Topliss-reactive ketones (excluding diaryl/α,β-unsaturated/α-hetero) is 1. The smallest absolute Gasteiger partial charge is 0.258 e.